The van der Waals surface area contributed by atoms with Gasteiger partial charge in [-0.1, -0.05) is 0 Å². The second-order valence-corrected chi connectivity index (χ2v) is 2.10. The summed E-state index contributed by atoms with van der Waals surface area (Å²) in [5.41, 5.74) is 2.53. The van der Waals surface area contributed by atoms with Crippen molar-refractivity contribution in [3.8, 4) is 0 Å². The lowest BCUT2D eigenvalue weighted by Gasteiger charge is -1.96. The van der Waals surface area contributed by atoms with E-state index in [0.717, 1.165) is 0 Å². The number of nitrogens with one attached hydrogen (secondary N) is 1. The van der Waals surface area contributed by atoms with Crippen LogP contribution in [-0.4, -0.2) is 18.2 Å². The number of rotatable bonds is 4. The average Bonchev–Trinajstić information content (AvgIpc) is 2.48. The fourth-order valence-corrected chi connectivity index (χ4v) is 0.731. The fraction of sp³-hybridized carbons (Fsp3) is 0.286. The van der Waals surface area contributed by atoms with Crippen molar-refractivity contribution in [1.82, 2.24) is 5.48 Å². The third kappa shape index (κ3) is 2.08. The fourth-order valence-electron chi connectivity index (χ4n) is 0.731. The molecule has 1 aromatic rings. The van der Waals surface area contributed by atoms with Crippen LogP contribution in [0.15, 0.2) is 16.5 Å². The Bertz CT molecular complexity index is 268. The van der Waals surface area contributed by atoms with Gasteiger partial charge in [0.05, 0.1) is 13.7 Å². The molecule has 0 fully saturated rings. The van der Waals surface area contributed by atoms with Crippen molar-refractivity contribution in [3.05, 3.63) is 23.7 Å². The topological polar surface area (TPSA) is 71.7 Å². The summed E-state index contributed by atoms with van der Waals surface area (Å²) in [6.07, 6.45) is 0. The quantitative estimate of drug-likeness (QED) is 0.650. The van der Waals surface area contributed by atoms with E-state index < -0.39 is 5.97 Å². The van der Waals surface area contributed by atoms with E-state index >= 15 is 0 Å². The Morgan fingerprint density at radius 3 is 3.00 bits per heavy atom. The Morgan fingerprint density at radius 1 is 1.75 bits per heavy atom. The molecule has 2 N–H and O–H groups in total. The van der Waals surface area contributed by atoms with Gasteiger partial charge in [-0.15, -0.1) is 0 Å². The summed E-state index contributed by atoms with van der Waals surface area (Å²) in [5, 5.41) is 8.48. The number of carboxylic acid groups (broad SMARTS) is 1. The van der Waals surface area contributed by atoms with Gasteiger partial charge >= 0.3 is 5.97 Å². The van der Waals surface area contributed by atoms with Crippen LogP contribution in [0.4, 0.5) is 0 Å². The van der Waals surface area contributed by atoms with E-state index in [1.807, 2.05) is 0 Å². The van der Waals surface area contributed by atoms with Crippen molar-refractivity contribution in [2.45, 2.75) is 6.54 Å². The van der Waals surface area contributed by atoms with E-state index in [4.69, 9.17) is 9.52 Å². The summed E-state index contributed by atoms with van der Waals surface area (Å²) in [7, 11) is 1.47. The number of hydrogen-bond acceptors (Lipinski definition) is 4. The van der Waals surface area contributed by atoms with Gasteiger partial charge in [0.25, 0.3) is 0 Å². The zero-order valence-corrected chi connectivity index (χ0v) is 6.53. The zero-order chi connectivity index (χ0) is 8.97. The summed E-state index contributed by atoms with van der Waals surface area (Å²) in [5.74, 6) is -0.615. The minimum Gasteiger partial charge on any atom is -0.475 e. The van der Waals surface area contributed by atoms with Gasteiger partial charge in [0, 0.05) is 0 Å². The first-order valence-electron chi connectivity index (χ1n) is 3.32. The standard InChI is InChI=1S/C7H9NO4/c1-11-8-4-5-2-3-6(12-5)7(9)10/h2-3,8H,4H2,1H3,(H,9,10). The van der Waals surface area contributed by atoms with Gasteiger partial charge < -0.3 is 14.4 Å². The average molecular weight is 171 g/mol. The van der Waals surface area contributed by atoms with Gasteiger partial charge in [-0.25, -0.2) is 4.79 Å². The van der Waals surface area contributed by atoms with Gasteiger partial charge in [-0.05, 0) is 12.1 Å². The maximum absolute atomic E-state index is 10.3. The van der Waals surface area contributed by atoms with Crippen molar-refractivity contribution >= 4 is 5.97 Å². The van der Waals surface area contributed by atoms with Crippen LogP contribution < -0.4 is 5.48 Å². The van der Waals surface area contributed by atoms with Crippen LogP contribution in [0.5, 0.6) is 0 Å². The van der Waals surface area contributed by atoms with Crippen molar-refractivity contribution in [1.29, 1.82) is 0 Å². The van der Waals surface area contributed by atoms with Crippen LogP contribution in [0.1, 0.15) is 16.3 Å². The van der Waals surface area contributed by atoms with E-state index in [0.29, 0.717) is 12.3 Å². The highest BCUT2D eigenvalue weighted by Gasteiger charge is 2.07. The van der Waals surface area contributed by atoms with E-state index in [1.165, 1.54) is 13.2 Å². The first kappa shape index (κ1) is 8.76. The van der Waals surface area contributed by atoms with Crippen LogP contribution in [-0.2, 0) is 11.4 Å². The number of carbonyl (C=O) groups is 1. The number of hydrogen-bond donors (Lipinski definition) is 2. The maximum atomic E-state index is 10.3. The summed E-state index contributed by atoms with van der Waals surface area (Å²) >= 11 is 0. The molecule has 0 radical (unpaired) electrons. The van der Waals surface area contributed by atoms with Crippen LogP contribution in [0.25, 0.3) is 0 Å². The number of aromatic carboxylic acids is 1. The molecule has 5 heteroatoms. The third-order valence-electron chi connectivity index (χ3n) is 1.26. The molecule has 0 atom stereocenters. The van der Waals surface area contributed by atoms with Crippen molar-refractivity contribution in [2.24, 2.45) is 0 Å². The monoisotopic (exact) mass is 171 g/mol. The highest BCUT2D eigenvalue weighted by molar-refractivity contribution is 5.84. The lowest BCUT2D eigenvalue weighted by molar-refractivity contribution is 0.0646. The summed E-state index contributed by atoms with van der Waals surface area (Å²) < 4.78 is 4.91. The second-order valence-electron chi connectivity index (χ2n) is 2.10. The molecule has 0 bridgehead atoms. The normalized spacial score (nSPS) is 10.1. The Morgan fingerprint density at radius 2 is 2.50 bits per heavy atom. The molecular formula is C7H9NO4. The van der Waals surface area contributed by atoms with E-state index in [2.05, 4.69) is 10.3 Å². The summed E-state index contributed by atoms with van der Waals surface area (Å²) in [6, 6.07) is 2.98. The highest BCUT2D eigenvalue weighted by Crippen LogP contribution is 2.06. The van der Waals surface area contributed by atoms with Gasteiger partial charge in [-0.3, -0.25) is 0 Å². The Hall–Kier alpha value is -1.33. The number of carboxylic acids is 1. The SMILES string of the molecule is CONCc1ccc(C(=O)O)o1. The molecule has 0 unspecified atom stereocenters. The molecule has 1 aromatic heterocycles. The molecule has 12 heavy (non-hydrogen) atoms. The first-order chi connectivity index (χ1) is 5.74. The number of hydroxylamine groups is 1. The molecule has 0 spiro atoms. The third-order valence-corrected chi connectivity index (χ3v) is 1.26. The van der Waals surface area contributed by atoms with Gasteiger partial charge in [0.15, 0.2) is 0 Å². The van der Waals surface area contributed by atoms with Gasteiger partial charge in [0.2, 0.25) is 5.76 Å². The van der Waals surface area contributed by atoms with E-state index in [1.54, 1.807) is 6.07 Å². The summed E-state index contributed by atoms with van der Waals surface area (Å²) in [4.78, 5) is 14.9. The first-order valence-corrected chi connectivity index (χ1v) is 3.32. The van der Waals surface area contributed by atoms with Crippen molar-refractivity contribution in [3.63, 3.8) is 0 Å². The second kappa shape index (κ2) is 3.89. The number of furan rings is 1. The molecule has 0 aliphatic rings. The predicted octanol–water partition coefficient (Wildman–Crippen LogP) is 0.629. The molecule has 5 nitrogen and oxygen atoms in total. The van der Waals surface area contributed by atoms with Crippen molar-refractivity contribution < 1.29 is 19.2 Å². The maximum Gasteiger partial charge on any atom is 0.371 e. The molecule has 1 heterocycles. The van der Waals surface area contributed by atoms with Crippen LogP contribution in [0, 0.1) is 0 Å². The molecule has 0 saturated carbocycles. The Kier molecular flexibility index (Phi) is 2.84. The van der Waals surface area contributed by atoms with E-state index in [9.17, 15) is 4.79 Å². The Balaban J connectivity index is 2.58. The highest BCUT2D eigenvalue weighted by atomic mass is 16.6. The molecule has 0 aliphatic carbocycles. The van der Waals surface area contributed by atoms with Crippen LogP contribution in [0.3, 0.4) is 0 Å². The van der Waals surface area contributed by atoms with Gasteiger partial charge in [-0.2, -0.15) is 5.48 Å². The molecule has 0 aliphatic heterocycles. The zero-order valence-electron chi connectivity index (χ0n) is 6.53. The van der Waals surface area contributed by atoms with Crippen molar-refractivity contribution in [2.75, 3.05) is 7.11 Å². The molecule has 1 rings (SSSR count). The smallest absolute Gasteiger partial charge is 0.371 e. The van der Waals surface area contributed by atoms with E-state index in [-0.39, 0.29) is 5.76 Å². The molecule has 0 aromatic carbocycles. The van der Waals surface area contributed by atoms with Crippen LogP contribution in [0.2, 0.25) is 0 Å². The minimum atomic E-state index is -1.07. The molecule has 0 amide bonds. The predicted molar refractivity (Wildman–Crippen MR) is 39.5 cm³/mol. The Labute approximate surface area is 68.9 Å². The largest absolute Gasteiger partial charge is 0.475 e. The summed E-state index contributed by atoms with van der Waals surface area (Å²) in [6.45, 7) is 0.351. The molecular weight excluding hydrogens is 162 g/mol. The van der Waals surface area contributed by atoms with Gasteiger partial charge in [0.1, 0.15) is 5.76 Å². The lowest BCUT2D eigenvalue weighted by atomic mass is 10.4. The molecule has 66 valence electrons. The van der Waals surface area contributed by atoms with Crippen LogP contribution >= 0.6 is 0 Å². The lowest BCUT2D eigenvalue weighted by Crippen LogP contribution is -2.09. The molecule has 0 saturated heterocycles. The minimum absolute atomic E-state index is 0.0668.